The number of piperidine rings is 1. The topological polar surface area (TPSA) is 97.8 Å². The first-order valence-corrected chi connectivity index (χ1v) is 12.5. The van der Waals surface area contributed by atoms with Gasteiger partial charge in [-0.1, -0.05) is 18.3 Å². The fourth-order valence-electron chi connectivity index (χ4n) is 3.80. The highest BCUT2D eigenvalue weighted by Gasteiger charge is 2.28. The van der Waals surface area contributed by atoms with E-state index >= 15 is 0 Å². The first kappa shape index (κ1) is 22.5. The molecule has 8 nitrogen and oxygen atoms in total. The molecular weight excluding hydrogens is 450 g/mol. The third-order valence-electron chi connectivity index (χ3n) is 5.50. The van der Waals surface area contributed by atoms with Crippen LogP contribution in [0.3, 0.4) is 0 Å². The molecular formula is C22H25N3O5S2. The number of anilines is 1. The van der Waals surface area contributed by atoms with Crippen LogP contribution in [-0.2, 0) is 10.0 Å². The molecule has 1 fully saturated rings. The highest BCUT2D eigenvalue weighted by Crippen LogP contribution is 2.39. The quantitative estimate of drug-likeness (QED) is 0.579. The van der Waals surface area contributed by atoms with E-state index in [1.54, 1.807) is 26.4 Å². The monoisotopic (exact) mass is 475 g/mol. The molecule has 170 valence electrons. The van der Waals surface area contributed by atoms with E-state index in [1.165, 1.54) is 39.9 Å². The number of nitrogens with one attached hydrogen (secondary N) is 1. The van der Waals surface area contributed by atoms with Crippen molar-refractivity contribution in [1.82, 2.24) is 9.29 Å². The van der Waals surface area contributed by atoms with E-state index in [4.69, 9.17) is 9.47 Å². The first-order chi connectivity index (χ1) is 15.3. The molecule has 1 aliphatic heterocycles. The van der Waals surface area contributed by atoms with E-state index in [9.17, 15) is 13.2 Å². The van der Waals surface area contributed by atoms with E-state index in [-0.39, 0.29) is 10.8 Å². The Kier molecular flexibility index (Phi) is 6.36. The standard InChI is InChI=1S/C22H25N3O5S2/c1-14-5-4-12-25(13-14)32(27,28)16-8-6-15(7-9-16)21(26)24-22-23-19-17(29-2)10-11-18(30-3)20(19)31-22/h6-11,14H,4-5,12-13H2,1-3H3,(H,23,24,26)/t14-/m1/s1. The number of thiazole rings is 1. The maximum absolute atomic E-state index is 12.9. The smallest absolute Gasteiger partial charge is 0.257 e. The largest absolute Gasteiger partial charge is 0.495 e. The fraction of sp³-hybridized carbons (Fsp3) is 0.364. The van der Waals surface area contributed by atoms with Crippen LogP contribution in [0.4, 0.5) is 5.13 Å². The van der Waals surface area contributed by atoms with E-state index in [0.717, 1.165) is 17.5 Å². The molecule has 1 amide bonds. The Morgan fingerprint density at radius 1 is 1.12 bits per heavy atom. The van der Waals surface area contributed by atoms with Gasteiger partial charge in [-0.15, -0.1) is 0 Å². The van der Waals surface area contributed by atoms with Gasteiger partial charge >= 0.3 is 0 Å². The molecule has 2 heterocycles. The van der Waals surface area contributed by atoms with Crippen LogP contribution in [0.25, 0.3) is 10.2 Å². The lowest BCUT2D eigenvalue weighted by Gasteiger charge is -2.30. The van der Waals surface area contributed by atoms with Gasteiger partial charge in [0.25, 0.3) is 5.91 Å². The summed E-state index contributed by atoms with van der Waals surface area (Å²) in [7, 11) is -0.442. The van der Waals surface area contributed by atoms with Crippen LogP contribution in [0.15, 0.2) is 41.3 Å². The fourth-order valence-corrected chi connectivity index (χ4v) is 6.37. The van der Waals surface area contributed by atoms with Crippen molar-refractivity contribution in [3.05, 3.63) is 42.0 Å². The minimum atomic E-state index is -3.57. The summed E-state index contributed by atoms with van der Waals surface area (Å²) in [6.45, 7) is 3.11. The van der Waals surface area contributed by atoms with E-state index in [2.05, 4.69) is 17.2 Å². The molecule has 1 N–H and O–H groups in total. The van der Waals surface area contributed by atoms with Crippen LogP contribution in [0.1, 0.15) is 30.1 Å². The number of rotatable bonds is 6. The number of ether oxygens (including phenoxy) is 2. The molecule has 0 radical (unpaired) electrons. The summed E-state index contributed by atoms with van der Waals surface area (Å²) in [4.78, 5) is 17.4. The Morgan fingerprint density at radius 2 is 1.81 bits per heavy atom. The zero-order valence-corrected chi connectivity index (χ0v) is 19.8. The third-order valence-corrected chi connectivity index (χ3v) is 8.37. The van der Waals surface area contributed by atoms with Gasteiger partial charge in [-0.25, -0.2) is 13.4 Å². The van der Waals surface area contributed by atoms with Crippen molar-refractivity contribution in [3.8, 4) is 11.5 Å². The molecule has 0 saturated carbocycles. The Hall–Kier alpha value is -2.69. The first-order valence-electron chi connectivity index (χ1n) is 10.3. The molecule has 10 heteroatoms. The maximum atomic E-state index is 12.9. The number of fused-ring (bicyclic) bond motifs is 1. The number of carbonyl (C=O) groups excluding carboxylic acids is 1. The lowest BCUT2D eigenvalue weighted by Crippen LogP contribution is -2.39. The molecule has 0 bridgehead atoms. The molecule has 0 aliphatic carbocycles. The number of methoxy groups -OCH3 is 2. The van der Waals surface area contributed by atoms with Crippen LogP contribution in [0.5, 0.6) is 11.5 Å². The van der Waals surface area contributed by atoms with Gasteiger partial charge < -0.3 is 9.47 Å². The summed E-state index contributed by atoms with van der Waals surface area (Å²) in [5.74, 6) is 1.19. The molecule has 1 aliphatic rings. The Labute approximate surface area is 191 Å². The van der Waals surface area contributed by atoms with Gasteiger partial charge in [0.05, 0.1) is 19.1 Å². The van der Waals surface area contributed by atoms with Gasteiger partial charge in [0.15, 0.2) is 5.13 Å². The summed E-state index contributed by atoms with van der Waals surface area (Å²) >= 11 is 1.28. The summed E-state index contributed by atoms with van der Waals surface area (Å²) in [5.41, 5.74) is 0.943. The van der Waals surface area contributed by atoms with Crippen LogP contribution in [0.2, 0.25) is 0 Å². The average Bonchev–Trinajstić information content (AvgIpc) is 3.22. The minimum absolute atomic E-state index is 0.192. The zero-order valence-electron chi connectivity index (χ0n) is 18.1. The second-order valence-corrected chi connectivity index (χ2v) is 10.7. The molecule has 32 heavy (non-hydrogen) atoms. The van der Waals surface area contributed by atoms with Crippen LogP contribution >= 0.6 is 11.3 Å². The minimum Gasteiger partial charge on any atom is -0.495 e. The number of benzene rings is 2. The van der Waals surface area contributed by atoms with Crippen molar-refractivity contribution in [1.29, 1.82) is 0 Å². The van der Waals surface area contributed by atoms with Crippen LogP contribution < -0.4 is 14.8 Å². The lowest BCUT2D eigenvalue weighted by molar-refractivity contribution is 0.102. The van der Waals surface area contributed by atoms with Gasteiger partial charge in [0, 0.05) is 18.7 Å². The summed E-state index contributed by atoms with van der Waals surface area (Å²) in [5, 5.41) is 3.17. The second kappa shape index (κ2) is 9.05. The molecule has 2 aromatic carbocycles. The zero-order chi connectivity index (χ0) is 22.9. The van der Waals surface area contributed by atoms with Crippen molar-refractivity contribution in [3.63, 3.8) is 0 Å². The van der Waals surface area contributed by atoms with Crippen molar-refractivity contribution >= 4 is 42.6 Å². The normalized spacial score (nSPS) is 17.3. The Morgan fingerprint density at radius 3 is 2.47 bits per heavy atom. The summed E-state index contributed by atoms with van der Waals surface area (Å²) in [6.07, 6.45) is 1.90. The van der Waals surface area contributed by atoms with Gasteiger partial charge in [-0.2, -0.15) is 4.31 Å². The van der Waals surface area contributed by atoms with Gasteiger partial charge in [0.1, 0.15) is 21.7 Å². The maximum Gasteiger partial charge on any atom is 0.257 e. The highest BCUT2D eigenvalue weighted by atomic mass is 32.2. The number of aromatic nitrogens is 1. The molecule has 1 aromatic heterocycles. The van der Waals surface area contributed by atoms with Gasteiger partial charge in [-0.05, 0) is 55.2 Å². The molecule has 0 spiro atoms. The number of carbonyl (C=O) groups is 1. The molecule has 3 aromatic rings. The number of hydrogen-bond donors (Lipinski definition) is 1. The molecule has 0 unspecified atom stereocenters. The Balaban J connectivity index is 1.53. The van der Waals surface area contributed by atoms with E-state index < -0.39 is 10.0 Å². The highest BCUT2D eigenvalue weighted by molar-refractivity contribution is 7.89. The van der Waals surface area contributed by atoms with E-state index in [0.29, 0.717) is 46.7 Å². The van der Waals surface area contributed by atoms with E-state index in [1.807, 2.05) is 0 Å². The summed E-state index contributed by atoms with van der Waals surface area (Å²) in [6, 6.07) is 9.54. The average molecular weight is 476 g/mol. The number of sulfonamides is 1. The van der Waals surface area contributed by atoms with Crippen LogP contribution in [0, 0.1) is 5.92 Å². The molecule has 1 atom stereocenters. The molecule has 4 rings (SSSR count). The van der Waals surface area contributed by atoms with Gasteiger partial charge in [0.2, 0.25) is 10.0 Å². The summed E-state index contributed by atoms with van der Waals surface area (Å²) < 4.78 is 38.8. The number of hydrogen-bond acceptors (Lipinski definition) is 7. The molecule has 1 saturated heterocycles. The number of nitrogens with zero attached hydrogens (tertiary/aromatic N) is 2. The van der Waals surface area contributed by atoms with Crippen molar-refractivity contribution < 1.29 is 22.7 Å². The van der Waals surface area contributed by atoms with Gasteiger partial charge in [-0.3, -0.25) is 10.1 Å². The second-order valence-electron chi connectivity index (χ2n) is 7.76. The lowest BCUT2D eigenvalue weighted by atomic mass is 10.0. The van der Waals surface area contributed by atoms with Crippen molar-refractivity contribution in [2.45, 2.75) is 24.7 Å². The predicted octanol–water partition coefficient (Wildman–Crippen LogP) is 3.99. The van der Waals surface area contributed by atoms with Crippen molar-refractivity contribution in [2.75, 3.05) is 32.6 Å². The van der Waals surface area contributed by atoms with Crippen LogP contribution in [-0.4, -0.2) is 50.9 Å². The SMILES string of the molecule is COc1ccc(OC)c2sc(NC(=O)c3ccc(S(=O)(=O)N4CCC[C@@H](C)C4)cc3)nc12. The number of amides is 1. The third kappa shape index (κ3) is 4.30. The Bertz CT molecular complexity index is 1200. The predicted molar refractivity (Wildman–Crippen MR) is 124 cm³/mol. The van der Waals surface area contributed by atoms with Crippen molar-refractivity contribution in [2.24, 2.45) is 5.92 Å².